The van der Waals surface area contributed by atoms with Gasteiger partial charge in [-0.25, -0.2) is 4.98 Å². The fraction of sp³-hybridized carbons (Fsp3) is 0.0909. The van der Waals surface area contributed by atoms with Gasteiger partial charge in [0.2, 0.25) is 0 Å². The Bertz CT molecular complexity index is 608. The van der Waals surface area contributed by atoms with Crippen molar-refractivity contribution in [1.29, 1.82) is 0 Å². The van der Waals surface area contributed by atoms with Crippen molar-refractivity contribution in [2.45, 2.75) is 6.92 Å². The molecule has 0 saturated carbocycles. The van der Waals surface area contributed by atoms with Gasteiger partial charge in [0, 0.05) is 12.4 Å². The molecule has 0 spiro atoms. The summed E-state index contributed by atoms with van der Waals surface area (Å²) in [4.78, 5) is 4.17. The molecule has 5 heteroatoms. The number of aryl methyl sites for hydroxylation is 1. The minimum Gasteiger partial charge on any atom is -0.278 e. The van der Waals surface area contributed by atoms with Crippen LogP contribution in [0, 0.1) is 6.92 Å². The molecule has 0 atom stereocenters. The molecular weight excluding hydrogens is 202 g/mol. The minimum atomic E-state index is 0.842. The molecule has 1 N–H and O–H groups in total. The summed E-state index contributed by atoms with van der Waals surface area (Å²) in [6.45, 7) is 2.04. The summed E-state index contributed by atoms with van der Waals surface area (Å²) in [6.07, 6.45) is 5.42. The van der Waals surface area contributed by atoms with Crippen LogP contribution in [-0.2, 0) is 0 Å². The SMILES string of the molecule is Cc1cc(Nn2cccc2)n2ncnc2c1. The predicted octanol–water partition coefficient (Wildman–Crippen LogP) is 1.71. The quantitative estimate of drug-likeness (QED) is 0.705. The first-order valence-corrected chi connectivity index (χ1v) is 5.03. The van der Waals surface area contributed by atoms with Crippen LogP contribution in [0.4, 0.5) is 5.82 Å². The van der Waals surface area contributed by atoms with Crippen LogP contribution in [0.3, 0.4) is 0 Å². The Kier molecular flexibility index (Phi) is 1.89. The van der Waals surface area contributed by atoms with E-state index in [4.69, 9.17) is 0 Å². The van der Waals surface area contributed by atoms with E-state index >= 15 is 0 Å². The van der Waals surface area contributed by atoms with Gasteiger partial charge in [-0.3, -0.25) is 10.1 Å². The number of rotatable bonds is 2. The molecule has 0 aliphatic heterocycles. The Morgan fingerprint density at radius 3 is 2.81 bits per heavy atom. The maximum absolute atomic E-state index is 4.17. The monoisotopic (exact) mass is 213 g/mol. The van der Waals surface area contributed by atoms with Crippen LogP contribution < -0.4 is 5.43 Å². The van der Waals surface area contributed by atoms with Crippen LogP contribution in [0.5, 0.6) is 0 Å². The lowest BCUT2D eigenvalue weighted by molar-refractivity contribution is 0.889. The molecule has 3 heterocycles. The Morgan fingerprint density at radius 1 is 1.19 bits per heavy atom. The largest absolute Gasteiger partial charge is 0.278 e. The van der Waals surface area contributed by atoms with Gasteiger partial charge in [-0.15, -0.1) is 0 Å². The van der Waals surface area contributed by atoms with E-state index in [2.05, 4.69) is 15.5 Å². The van der Waals surface area contributed by atoms with E-state index in [9.17, 15) is 0 Å². The van der Waals surface area contributed by atoms with Crippen molar-refractivity contribution in [2.24, 2.45) is 0 Å². The fourth-order valence-electron chi connectivity index (χ4n) is 1.68. The van der Waals surface area contributed by atoms with Gasteiger partial charge in [0.05, 0.1) is 0 Å². The first kappa shape index (κ1) is 8.96. The summed E-state index contributed by atoms with van der Waals surface area (Å²) >= 11 is 0. The second-order valence-corrected chi connectivity index (χ2v) is 3.65. The summed E-state index contributed by atoms with van der Waals surface area (Å²) in [6, 6.07) is 7.94. The van der Waals surface area contributed by atoms with Crippen molar-refractivity contribution in [2.75, 3.05) is 5.43 Å². The summed E-state index contributed by atoms with van der Waals surface area (Å²) in [5.74, 6) is 0.892. The zero-order chi connectivity index (χ0) is 11.0. The van der Waals surface area contributed by atoms with Gasteiger partial charge in [0.15, 0.2) is 5.65 Å². The molecule has 0 aliphatic rings. The van der Waals surface area contributed by atoms with E-state index in [1.54, 1.807) is 10.8 Å². The van der Waals surface area contributed by atoms with Crippen LogP contribution in [0.25, 0.3) is 5.65 Å². The number of hydrogen-bond acceptors (Lipinski definition) is 3. The van der Waals surface area contributed by atoms with Crippen molar-refractivity contribution in [3.05, 3.63) is 48.5 Å². The van der Waals surface area contributed by atoms with E-state index in [-0.39, 0.29) is 0 Å². The highest BCUT2D eigenvalue weighted by Gasteiger charge is 2.03. The number of nitrogens with one attached hydrogen (secondary N) is 1. The first-order valence-electron chi connectivity index (χ1n) is 5.03. The molecule has 0 amide bonds. The van der Waals surface area contributed by atoms with Crippen LogP contribution in [0.1, 0.15) is 5.56 Å². The maximum atomic E-state index is 4.17. The number of nitrogens with zero attached hydrogens (tertiary/aromatic N) is 4. The highest BCUT2D eigenvalue weighted by Crippen LogP contribution is 2.13. The Labute approximate surface area is 92.3 Å². The summed E-state index contributed by atoms with van der Waals surface area (Å²) in [5.41, 5.74) is 5.22. The van der Waals surface area contributed by atoms with Gasteiger partial charge in [0.1, 0.15) is 12.1 Å². The van der Waals surface area contributed by atoms with Crippen LogP contribution in [0.2, 0.25) is 0 Å². The zero-order valence-corrected chi connectivity index (χ0v) is 8.83. The first-order chi connectivity index (χ1) is 7.83. The molecule has 3 aromatic rings. The molecule has 0 radical (unpaired) electrons. The topological polar surface area (TPSA) is 47.2 Å². The predicted molar refractivity (Wildman–Crippen MR) is 61.2 cm³/mol. The Hall–Kier alpha value is -2.30. The molecule has 0 fully saturated rings. The second kappa shape index (κ2) is 3.37. The average molecular weight is 213 g/mol. The molecule has 0 aromatic carbocycles. The van der Waals surface area contributed by atoms with Gasteiger partial charge >= 0.3 is 0 Å². The molecular formula is C11H11N5. The third kappa shape index (κ3) is 1.42. The number of anilines is 1. The molecule has 3 rings (SSSR count). The number of pyridine rings is 1. The lowest BCUT2D eigenvalue weighted by atomic mass is 10.3. The number of hydrogen-bond donors (Lipinski definition) is 1. The van der Waals surface area contributed by atoms with E-state index in [1.807, 2.05) is 48.3 Å². The zero-order valence-electron chi connectivity index (χ0n) is 8.83. The van der Waals surface area contributed by atoms with Gasteiger partial charge < -0.3 is 0 Å². The molecule has 0 bridgehead atoms. The van der Waals surface area contributed by atoms with E-state index in [0.29, 0.717) is 0 Å². The highest BCUT2D eigenvalue weighted by atomic mass is 15.5. The van der Waals surface area contributed by atoms with Crippen LogP contribution >= 0.6 is 0 Å². The lowest BCUT2D eigenvalue weighted by Crippen LogP contribution is -2.10. The van der Waals surface area contributed by atoms with Gasteiger partial charge in [-0.2, -0.15) is 9.61 Å². The molecule has 16 heavy (non-hydrogen) atoms. The van der Waals surface area contributed by atoms with Gasteiger partial charge in [-0.05, 0) is 36.8 Å². The van der Waals surface area contributed by atoms with Gasteiger partial charge in [0.25, 0.3) is 0 Å². The van der Waals surface area contributed by atoms with Crippen molar-refractivity contribution in [1.82, 2.24) is 19.3 Å². The summed E-state index contributed by atoms with van der Waals surface area (Å²) in [7, 11) is 0. The number of fused-ring (bicyclic) bond motifs is 1. The smallest absolute Gasteiger partial charge is 0.157 e. The summed E-state index contributed by atoms with van der Waals surface area (Å²) < 4.78 is 3.64. The lowest BCUT2D eigenvalue weighted by Gasteiger charge is -2.09. The van der Waals surface area contributed by atoms with Crippen LogP contribution in [-0.4, -0.2) is 19.3 Å². The highest BCUT2D eigenvalue weighted by molar-refractivity contribution is 5.51. The Morgan fingerprint density at radius 2 is 2.00 bits per heavy atom. The third-order valence-corrected chi connectivity index (χ3v) is 2.37. The van der Waals surface area contributed by atoms with Crippen molar-refractivity contribution in [3.8, 4) is 0 Å². The third-order valence-electron chi connectivity index (χ3n) is 2.37. The second-order valence-electron chi connectivity index (χ2n) is 3.65. The fourth-order valence-corrected chi connectivity index (χ4v) is 1.68. The Balaban J connectivity index is 2.11. The molecule has 3 aromatic heterocycles. The normalized spacial score (nSPS) is 10.8. The maximum Gasteiger partial charge on any atom is 0.157 e. The van der Waals surface area contributed by atoms with E-state index < -0.39 is 0 Å². The van der Waals surface area contributed by atoms with Gasteiger partial charge in [-0.1, -0.05) is 0 Å². The van der Waals surface area contributed by atoms with Crippen LogP contribution in [0.15, 0.2) is 43.0 Å². The molecule has 5 nitrogen and oxygen atoms in total. The standard InChI is InChI=1S/C11H11N5/c1-9-6-10-12-8-13-16(10)11(7-9)14-15-4-2-3-5-15/h2-8,14H,1H3. The van der Waals surface area contributed by atoms with E-state index in [1.165, 1.54) is 0 Å². The molecule has 0 aliphatic carbocycles. The van der Waals surface area contributed by atoms with Crippen molar-refractivity contribution in [3.63, 3.8) is 0 Å². The molecule has 0 saturated heterocycles. The van der Waals surface area contributed by atoms with E-state index in [0.717, 1.165) is 17.0 Å². The molecule has 0 unspecified atom stereocenters. The van der Waals surface area contributed by atoms with Crippen molar-refractivity contribution < 1.29 is 0 Å². The average Bonchev–Trinajstić information content (AvgIpc) is 2.87. The van der Waals surface area contributed by atoms with Crippen molar-refractivity contribution >= 4 is 11.5 Å². The summed E-state index contributed by atoms with van der Waals surface area (Å²) in [5, 5.41) is 4.17. The molecule has 80 valence electrons. The minimum absolute atomic E-state index is 0.842. The number of aromatic nitrogens is 4.